The quantitative estimate of drug-likeness (QED) is 0.676. The number of methoxy groups -OCH3 is 1. The monoisotopic (exact) mass is 391 g/mol. The van der Waals surface area contributed by atoms with E-state index in [1.54, 1.807) is 0 Å². The highest BCUT2D eigenvalue weighted by Crippen LogP contribution is 2.46. The number of H-pyrrole nitrogens is 1. The molecule has 28 heavy (non-hydrogen) atoms. The lowest BCUT2D eigenvalue weighted by Gasteiger charge is -2.29. The summed E-state index contributed by atoms with van der Waals surface area (Å²) in [4.78, 5) is 29.1. The number of nitrogens with zero attached hydrogens (tertiary/aromatic N) is 2. The van der Waals surface area contributed by atoms with Crippen LogP contribution in [0.25, 0.3) is 10.9 Å². The van der Waals surface area contributed by atoms with Crippen molar-refractivity contribution >= 4 is 22.3 Å². The van der Waals surface area contributed by atoms with Gasteiger partial charge in [0.05, 0.1) is 18.2 Å². The number of nitrogens with two attached hydrogens (primary N) is 2. The van der Waals surface area contributed by atoms with Crippen molar-refractivity contribution in [3.05, 3.63) is 26.7 Å². The molecule has 1 atom stereocenters. The molecule has 2 aromatic rings. The first-order valence-electron chi connectivity index (χ1n) is 9.52. The van der Waals surface area contributed by atoms with Gasteiger partial charge in [0.25, 0.3) is 5.56 Å². The van der Waals surface area contributed by atoms with Gasteiger partial charge in [-0.15, -0.1) is 0 Å². The molecule has 1 saturated carbocycles. The minimum absolute atomic E-state index is 0.0421. The number of aromatic nitrogens is 2. The Balaban J connectivity index is 2.01. The van der Waals surface area contributed by atoms with E-state index >= 15 is 4.39 Å². The number of fused-ring (bicyclic) bond motifs is 1. The summed E-state index contributed by atoms with van der Waals surface area (Å²) in [5.41, 5.74) is 10.9. The highest BCUT2D eigenvalue weighted by Gasteiger charge is 2.37. The van der Waals surface area contributed by atoms with Crippen LogP contribution in [0.5, 0.6) is 5.75 Å². The van der Waals surface area contributed by atoms with Crippen LogP contribution in [0.3, 0.4) is 0 Å². The molecule has 2 fully saturated rings. The fraction of sp³-hybridized carbons (Fsp3) is 0.579. The van der Waals surface area contributed by atoms with E-state index in [1.807, 2.05) is 18.7 Å². The molecule has 0 bridgehead atoms. The van der Waals surface area contributed by atoms with Crippen molar-refractivity contribution in [3.8, 4) is 5.75 Å². The van der Waals surface area contributed by atoms with Crippen molar-refractivity contribution in [1.29, 1.82) is 0 Å². The number of anilines is 2. The van der Waals surface area contributed by atoms with E-state index in [0.29, 0.717) is 13.1 Å². The summed E-state index contributed by atoms with van der Waals surface area (Å²) in [6, 6.07) is -0.0484. The lowest BCUT2D eigenvalue weighted by molar-refractivity contribution is 0.348. The number of halogens is 1. The van der Waals surface area contributed by atoms with Crippen molar-refractivity contribution in [2.75, 3.05) is 30.8 Å². The van der Waals surface area contributed by atoms with E-state index in [4.69, 9.17) is 16.2 Å². The van der Waals surface area contributed by atoms with Crippen LogP contribution in [0, 0.1) is 11.7 Å². The maximum atomic E-state index is 15.4. The average molecular weight is 391 g/mol. The van der Waals surface area contributed by atoms with Gasteiger partial charge in [0.1, 0.15) is 11.2 Å². The van der Waals surface area contributed by atoms with Crippen LogP contribution in [0.15, 0.2) is 9.59 Å². The van der Waals surface area contributed by atoms with Gasteiger partial charge in [-0.1, -0.05) is 0 Å². The molecule has 5 N–H and O–H groups in total. The predicted octanol–water partition coefficient (Wildman–Crippen LogP) is 1.32. The molecule has 1 saturated heterocycles. The average Bonchev–Trinajstić information content (AvgIpc) is 3.31. The second-order valence-corrected chi connectivity index (χ2v) is 8.45. The van der Waals surface area contributed by atoms with Crippen molar-refractivity contribution in [1.82, 2.24) is 9.55 Å². The fourth-order valence-corrected chi connectivity index (χ4v) is 4.20. The molecule has 1 aliphatic carbocycles. The van der Waals surface area contributed by atoms with Crippen molar-refractivity contribution in [2.45, 2.75) is 44.7 Å². The molecule has 9 heteroatoms. The third-order valence-corrected chi connectivity index (χ3v) is 5.96. The zero-order valence-corrected chi connectivity index (χ0v) is 16.3. The summed E-state index contributed by atoms with van der Waals surface area (Å²) < 4.78 is 22.4. The number of rotatable bonds is 4. The first-order valence-corrected chi connectivity index (χ1v) is 9.52. The van der Waals surface area contributed by atoms with Crippen LogP contribution in [-0.4, -0.2) is 35.3 Å². The van der Waals surface area contributed by atoms with Gasteiger partial charge >= 0.3 is 5.69 Å². The zero-order valence-electron chi connectivity index (χ0n) is 16.3. The Kier molecular flexibility index (Phi) is 4.18. The molecule has 1 aromatic heterocycles. The molecule has 1 aromatic carbocycles. The Morgan fingerprint density at radius 2 is 1.93 bits per heavy atom. The molecule has 0 amide bonds. The van der Waals surface area contributed by atoms with Gasteiger partial charge in [-0.25, -0.2) is 9.18 Å². The molecule has 0 radical (unpaired) electrons. The maximum absolute atomic E-state index is 15.4. The van der Waals surface area contributed by atoms with Crippen LogP contribution < -0.4 is 32.4 Å². The standard InChI is InChI=1S/C19H26FN5O3/c1-19(2,22)9-6-7-24(8-9)15-12(20)13(21)11-14(16(15)28-3)25(10-4-5-10)18(27)23-17(11)26/h9-10H,4-8,21-22H2,1-3H3,(H,23,26,27). The van der Waals surface area contributed by atoms with Crippen LogP contribution in [0.4, 0.5) is 15.8 Å². The largest absolute Gasteiger partial charge is 0.492 e. The maximum Gasteiger partial charge on any atom is 0.329 e. The number of hydrogen-bond donors (Lipinski definition) is 3. The normalized spacial score (nSPS) is 20.2. The first kappa shape index (κ1) is 18.8. The van der Waals surface area contributed by atoms with Crippen LogP contribution >= 0.6 is 0 Å². The molecule has 8 nitrogen and oxygen atoms in total. The minimum Gasteiger partial charge on any atom is -0.492 e. The molecule has 1 unspecified atom stereocenters. The zero-order chi connectivity index (χ0) is 20.4. The molecular formula is C19H26FN5O3. The van der Waals surface area contributed by atoms with Crippen LogP contribution in [0.1, 0.15) is 39.2 Å². The molecule has 2 aliphatic rings. The Morgan fingerprint density at radius 3 is 2.46 bits per heavy atom. The van der Waals surface area contributed by atoms with E-state index in [0.717, 1.165) is 19.3 Å². The van der Waals surface area contributed by atoms with Crippen molar-refractivity contribution in [2.24, 2.45) is 11.7 Å². The lowest BCUT2D eigenvalue weighted by Crippen LogP contribution is -2.42. The minimum atomic E-state index is -0.708. The first-order chi connectivity index (χ1) is 13.1. The summed E-state index contributed by atoms with van der Waals surface area (Å²) >= 11 is 0. The van der Waals surface area contributed by atoms with E-state index in [2.05, 4.69) is 4.98 Å². The van der Waals surface area contributed by atoms with Crippen LogP contribution in [-0.2, 0) is 0 Å². The third kappa shape index (κ3) is 2.76. The Bertz CT molecular complexity index is 1060. The fourth-order valence-electron chi connectivity index (χ4n) is 4.20. The van der Waals surface area contributed by atoms with Gasteiger partial charge in [-0.2, -0.15) is 0 Å². The Hall–Kier alpha value is -2.55. The SMILES string of the molecule is COc1c(N2CCC(C(C)(C)N)C2)c(F)c(N)c2c(=O)[nH]c(=O)n(C3CC3)c12. The second-order valence-electron chi connectivity index (χ2n) is 8.45. The molecular weight excluding hydrogens is 365 g/mol. The second kappa shape index (κ2) is 6.23. The third-order valence-electron chi connectivity index (χ3n) is 5.96. The summed E-state index contributed by atoms with van der Waals surface area (Å²) in [5.74, 6) is -0.364. The van der Waals surface area contributed by atoms with Gasteiger partial charge in [-0.05, 0) is 39.0 Å². The van der Waals surface area contributed by atoms with E-state index in [9.17, 15) is 9.59 Å². The van der Waals surface area contributed by atoms with Gasteiger partial charge in [0.15, 0.2) is 11.6 Å². The Labute approximate surface area is 161 Å². The lowest BCUT2D eigenvalue weighted by atomic mass is 9.88. The summed E-state index contributed by atoms with van der Waals surface area (Å²) in [5, 5.41) is -0.0421. The highest BCUT2D eigenvalue weighted by molar-refractivity contribution is 5.99. The Morgan fingerprint density at radius 1 is 1.25 bits per heavy atom. The number of aromatic amines is 1. The number of benzene rings is 1. The summed E-state index contributed by atoms with van der Waals surface area (Å²) in [6.45, 7) is 5.03. The smallest absolute Gasteiger partial charge is 0.329 e. The van der Waals surface area contributed by atoms with Crippen molar-refractivity contribution < 1.29 is 9.13 Å². The van der Waals surface area contributed by atoms with Gasteiger partial charge in [0, 0.05) is 24.7 Å². The number of ether oxygens (including phenoxy) is 1. The van der Waals surface area contributed by atoms with E-state index < -0.39 is 22.6 Å². The van der Waals surface area contributed by atoms with Crippen LogP contribution in [0.2, 0.25) is 0 Å². The van der Waals surface area contributed by atoms with Gasteiger partial charge in [-0.3, -0.25) is 14.3 Å². The highest BCUT2D eigenvalue weighted by atomic mass is 19.1. The summed E-state index contributed by atoms with van der Waals surface area (Å²) in [7, 11) is 1.41. The molecule has 0 spiro atoms. The number of nitrogen functional groups attached to an aromatic ring is 1. The molecule has 152 valence electrons. The van der Waals surface area contributed by atoms with E-state index in [1.165, 1.54) is 11.7 Å². The van der Waals surface area contributed by atoms with E-state index in [-0.39, 0.29) is 40.0 Å². The van der Waals surface area contributed by atoms with Crippen molar-refractivity contribution in [3.63, 3.8) is 0 Å². The van der Waals surface area contributed by atoms with Gasteiger partial charge in [0.2, 0.25) is 0 Å². The van der Waals surface area contributed by atoms with Gasteiger partial charge < -0.3 is 21.1 Å². The summed E-state index contributed by atoms with van der Waals surface area (Å²) in [6.07, 6.45) is 2.42. The number of nitrogens with one attached hydrogen (secondary N) is 1. The number of hydrogen-bond acceptors (Lipinski definition) is 6. The topological polar surface area (TPSA) is 119 Å². The molecule has 2 heterocycles. The molecule has 1 aliphatic heterocycles. The molecule has 4 rings (SSSR count). The predicted molar refractivity (Wildman–Crippen MR) is 107 cm³/mol.